The number of aliphatic imine (C=N–C) groups is 1. The molecule has 0 unspecified atom stereocenters. The van der Waals surface area contributed by atoms with Crippen molar-refractivity contribution in [2.24, 2.45) is 17.8 Å². The number of carbonyl (C=O) groups is 3. The Kier molecular flexibility index (Phi) is 6.78. The quantitative estimate of drug-likeness (QED) is 0.228. The molecule has 0 aliphatic carbocycles. The van der Waals surface area contributed by atoms with Crippen molar-refractivity contribution >= 4 is 23.8 Å². The summed E-state index contributed by atoms with van der Waals surface area (Å²) in [6.45, 7) is 0.506. The van der Waals surface area contributed by atoms with E-state index in [1.54, 1.807) is 41.8 Å². The number of carboxylic acids is 1. The maximum absolute atomic E-state index is 12.7. The minimum absolute atomic E-state index is 0.0673. The fourth-order valence-electron chi connectivity index (χ4n) is 4.04. The lowest BCUT2D eigenvalue weighted by Gasteiger charge is -2.32. The van der Waals surface area contributed by atoms with E-state index in [0.717, 1.165) is 11.3 Å². The van der Waals surface area contributed by atoms with Gasteiger partial charge in [0.05, 0.1) is 17.9 Å². The number of amidine groups is 1. The summed E-state index contributed by atoms with van der Waals surface area (Å²) in [5, 5.41) is 13.1. The highest BCUT2D eigenvalue weighted by Crippen LogP contribution is 2.42. The van der Waals surface area contributed by atoms with Crippen molar-refractivity contribution in [2.75, 3.05) is 20.6 Å². The van der Waals surface area contributed by atoms with Gasteiger partial charge in [-0.15, -0.1) is 0 Å². The zero-order valence-electron chi connectivity index (χ0n) is 17.9. The van der Waals surface area contributed by atoms with Gasteiger partial charge in [-0.25, -0.2) is 15.1 Å². The Balaban J connectivity index is 1.56. The Morgan fingerprint density at radius 1 is 1.39 bits per heavy atom. The molecule has 0 spiro atoms. The smallest absolute Gasteiger partial charge is 0.332 e. The number of nitrogens with one attached hydrogen (secondary N) is 1. The monoisotopic (exact) mass is 435 g/mol. The summed E-state index contributed by atoms with van der Waals surface area (Å²) < 4.78 is 1.71. The van der Waals surface area contributed by atoms with E-state index in [0.29, 0.717) is 38.1 Å². The zero-order valence-corrected chi connectivity index (χ0v) is 17.9. The molecule has 1 aromatic heterocycles. The number of rotatable bonds is 8. The zero-order chi connectivity index (χ0) is 22.7. The second-order valence-electron chi connectivity index (χ2n) is 7.80. The van der Waals surface area contributed by atoms with Crippen molar-refractivity contribution in [3.05, 3.63) is 17.5 Å². The van der Waals surface area contributed by atoms with Gasteiger partial charge in [0.2, 0.25) is 0 Å². The van der Waals surface area contributed by atoms with Gasteiger partial charge in [-0.1, -0.05) is 12.8 Å². The van der Waals surface area contributed by atoms with Crippen LogP contribution in [0.1, 0.15) is 55.4 Å². The molecule has 31 heavy (non-hydrogen) atoms. The van der Waals surface area contributed by atoms with Crippen LogP contribution in [0.2, 0.25) is 0 Å². The van der Waals surface area contributed by atoms with Crippen LogP contribution in [-0.2, 0) is 21.5 Å². The number of hydrogen-bond acceptors (Lipinski definition) is 7. The first kappa shape index (κ1) is 22.5. The Morgan fingerprint density at radius 2 is 2.13 bits per heavy atom. The molecule has 170 valence electrons. The third-order valence-electron chi connectivity index (χ3n) is 5.81. The van der Waals surface area contributed by atoms with E-state index in [1.807, 2.05) is 0 Å². The summed E-state index contributed by atoms with van der Waals surface area (Å²) in [4.78, 5) is 48.3. The number of hydroxylamine groups is 1. The highest BCUT2D eigenvalue weighted by molar-refractivity contribution is 5.94. The average molecular weight is 435 g/mol. The lowest BCUT2D eigenvalue weighted by atomic mass is 9.97. The molecule has 12 heteroatoms. The Hall–Kier alpha value is -3.15. The van der Waals surface area contributed by atoms with Gasteiger partial charge in [0.15, 0.2) is 5.84 Å². The van der Waals surface area contributed by atoms with Crippen molar-refractivity contribution < 1.29 is 24.3 Å². The van der Waals surface area contributed by atoms with Crippen molar-refractivity contribution in [3.63, 3.8) is 0 Å². The largest absolute Gasteiger partial charge is 0.480 e. The minimum atomic E-state index is -1.02. The third-order valence-corrected chi connectivity index (χ3v) is 5.81. The summed E-state index contributed by atoms with van der Waals surface area (Å²) in [7, 11) is 5.12. The Morgan fingerprint density at radius 3 is 2.81 bits per heavy atom. The number of nitrogens with zero attached hydrogens (tertiary/aromatic N) is 5. The van der Waals surface area contributed by atoms with Gasteiger partial charge in [-0.3, -0.25) is 14.5 Å². The van der Waals surface area contributed by atoms with Crippen LogP contribution in [0.15, 0.2) is 11.2 Å². The number of aliphatic carboxylic acids is 1. The molecule has 2 aliphatic heterocycles. The summed E-state index contributed by atoms with van der Waals surface area (Å²) in [6, 6.07) is -1.61. The van der Waals surface area contributed by atoms with E-state index < -0.39 is 24.0 Å². The van der Waals surface area contributed by atoms with Crippen LogP contribution in [0.25, 0.3) is 0 Å². The number of nitrogens with two attached hydrogens (primary N) is 1. The molecule has 0 radical (unpaired) electrons. The molecule has 2 amide bonds. The highest BCUT2D eigenvalue weighted by atomic mass is 16.7. The molecule has 3 rings (SSSR count). The number of amides is 2. The predicted molar refractivity (Wildman–Crippen MR) is 110 cm³/mol. The second kappa shape index (κ2) is 9.33. The topological polar surface area (TPSA) is 155 Å². The van der Waals surface area contributed by atoms with E-state index in [4.69, 9.17) is 15.7 Å². The predicted octanol–water partition coefficient (Wildman–Crippen LogP) is 0.322. The van der Waals surface area contributed by atoms with Gasteiger partial charge in [-0.05, 0) is 12.8 Å². The molecule has 12 nitrogen and oxygen atoms in total. The maximum Gasteiger partial charge on any atom is 0.332 e. The molecule has 3 heterocycles. The van der Waals surface area contributed by atoms with Crippen molar-refractivity contribution in [3.8, 4) is 0 Å². The van der Waals surface area contributed by atoms with Crippen LogP contribution in [0.5, 0.6) is 0 Å². The molecule has 4 N–H and O–H groups in total. The van der Waals surface area contributed by atoms with Gasteiger partial charge in [0.25, 0.3) is 0 Å². The van der Waals surface area contributed by atoms with Crippen LogP contribution >= 0.6 is 0 Å². The number of aryl methyl sites for hydroxylation is 1. The molecule has 1 saturated heterocycles. The van der Waals surface area contributed by atoms with Crippen LogP contribution in [0.4, 0.5) is 4.79 Å². The fraction of sp³-hybridized carbons (Fsp3) is 0.632. The SMILES string of the molecule is CN=C(NOC(=O)CCCCC[C@H](N)C(=O)O)[C@@H]1c2c(cnn2C)[C@@H]2CN1C(=O)N2C. The number of aromatic nitrogens is 2. The average Bonchev–Trinajstić information content (AvgIpc) is 3.24. The van der Waals surface area contributed by atoms with Crippen molar-refractivity contribution in [1.29, 1.82) is 0 Å². The summed E-state index contributed by atoms with van der Waals surface area (Å²) in [5.41, 5.74) is 9.87. The molecular weight excluding hydrogens is 406 g/mol. The number of carboxylic acid groups (broad SMARTS) is 1. The third kappa shape index (κ3) is 4.48. The van der Waals surface area contributed by atoms with Crippen LogP contribution in [0, 0.1) is 0 Å². The van der Waals surface area contributed by atoms with Crippen molar-refractivity contribution in [2.45, 2.75) is 50.2 Å². The summed E-state index contributed by atoms with van der Waals surface area (Å²) in [6.07, 6.45) is 4.13. The second-order valence-corrected chi connectivity index (χ2v) is 7.80. The first-order valence-corrected chi connectivity index (χ1v) is 10.2. The number of carbonyl (C=O) groups excluding carboxylic acids is 2. The molecular formula is C19H29N7O5. The lowest BCUT2D eigenvalue weighted by molar-refractivity contribution is -0.148. The minimum Gasteiger partial charge on any atom is -0.480 e. The summed E-state index contributed by atoms with van der Waals surface area (Å²) in [5.74, 6) is -1.15. The number of fused-ring (bicyclic) bond motifs is 4. The first-order chi connectivity index (χ1) is 14.8. The highest BCUT2D eigenvalue weighted by Gasteiger charge is 2.49. The molecule has 2 bridgehead atoms. The normalized spacial score (nSPS) is 21.2. The maximum atomic E-state index is 12.7. The summed E-state index contributed by atoms with van der Waals surface area (Å²) >= 11 is 0. The van der Waals surface area contributed by atoms with Crippen LogP contribution in [-0.4, -0.2) is 75.2 Å². The van der Waals surface area contributed by atoms with Gasteiger partial charge in [-0.2, -0.15) is 5.10 Å². The molecule has 3 atom stereocenters. The van der Waals surface area contributed by atoms with E-state index >= 15 is 0 Å². The number of likely N-dealkylation sites (N-methyl/N-ethyl adjacent to an activating group) is 1. The Labute approximate surface area is 180 Å². The number of urea groups is 1. The molecule has 0 saturated carbocycles. The lowest BCUT2D eigenvalue weighted by Crippen LogP contribution is -2.44. The standard InChI is InChI=1S/C19H29N7O5/c1-21-17(23-31-14(27)8-6-4-5-7-12(20)18(28)29)16-15-11(9-22-25(15)3)13-10-26(16)19(30)24(13)2/h9,12-13,16H,4-8,10,20H2,1-3H3,(H,21,23)(H,28,29)/t12-,13-,16-/m0/s1. The van der Waals surface area contributed by atoms with Crippen LogP contribution < -0.4 is 11.2 Å². The van der Waals surface area contributed by atoms with Gasteiger partial charge in [0, 0.05) is 39.7 Å². The first-order valence-electron chi connectivity index (χ1n) is 10.2. The van der Waals surface area contributed by atoms with E-state index in [1.165, 1.54) is 0 Å². The van der Waals surface area contributed by atoms with E-state index in [9.17, 15) is 14.4 Å². The molecule has 2 aliphatic rings. The molecule has 1 aromatic rings. The van der Waals surface area contributed by atoms with Gasteiger partial charge >= 0.3 is 18.0 Å². The number of hydrogen-bond donors (Lipinski definition) is 3. The van der Waals surface area contributed by atoms with Crippen LogP contribution in [0.3, 0.4) is 0 Å². The Bertz CT molecular complexity index is 883. The fourth-order valence-corrected chi connectivity index (χ4v) is 4.04. The van der Waals surface area contributed by atoms with Crippen molar-refractivity contribution in [1.82, 2.24) is 25.1 Å². The molecule has 0 aromatic carbocycles. The van der Waals surface area contributed by atoms with Gasteiger partial charge < -0.3 is 25.5 Å². The molecule has 1 fully saturated rings. The van der Waals surface area contributed by atoms with Gasteiger partial charge in [0.1, 0.15) is 12.1 Å². The number of unbranched alkanes of at least 4 members (excludes halogenated alkanes) is 2. The van der Waals surface area contributed by atoms with E-state index in [2.05, 4.69) is 15.6 Å². The van der Waals surface area contributed by atoms with E-state index in [-0.39, 0.29) is 18.5 Å².